The van der Waals surface area contributed by atoms with E-state index < -0.39 is 11.0 Å². The third-order valence-corrected chi connectivity index (χ3v) is 4.02. The van der Waals surface area contributed by atoms with E-state index in [1.54, 1.807) is 24.5 Å². The topological polar surface area (TPSA) is 110 Å². The predicted molar refractivity (Wildman–Crippen MR) is 103 cm³/mol. The third kappa shape index (κ3) is 3.23. The number of nitro groups is 1. The molecule has 2 N–H and O–H groups in total. The molecule has 0 atom stereocenters. The number of urea groups is 1. The second-order valence-electron chi connectivity index (χ2n) is 5.79. The van der Waals surface area contributed by atoms with E-state index in [0.717, 1.165) is 16.3 Å². The third-order valence-electron chi connectivity index (χ3n) is 4.02. The fraction of sp³-hybridized carbons (Fsp3) is 0. The van der Waals surface area contributed by atoms with Gasteiger partial charge in [-0.05, 0) is 30.3 Å². The Morgan fingerprint density at radius 2 is 1.70 bits per heavy atom. The Bertz CT molecular complexity index is 1190. The van der Waals surface area contributed by atoms with Crippen molar-refractivity contribution in [1.29, 1.82) is 0 Å². The molecule has 2 heterocycles. The summed E-state index contributed by atoms with van der Waals surface area (Å²) in [7, 11) is 0. The van der Waals surface area contributed by atoms with Crippen LogP contribution in [-0.2, 0) is 0 Å². The average Bonchev–Trinajstić information content (AvgIpc) is 2.68. The Morgan fingerprint density at radius 1 is 0.926 bits per heavy atom. The highest BCUT2D eigenvalue weighted by Gasteiger charge is 2.12. The van der Waals surface area contributed by atoms with Crippen molar-refractivity contribution in [3.63, 3.8) is 0 Å². The van der Waals surface area contributed by atoms with Gasteiger partial charge in [0.1, 0.15) is 0 Å². The maximum Gasteiger partial charge on any atom is 0.323 e. The second-order valence-corrected chi connectivity index (χ2v) is 5.79. The summed E-state index contributed by atoms with van der Waals surface area (Å²) in [6.07, 6.45) is 3.36. The van der Waals surface area contributed by atoms with Gasteiger partial charge in [0.05, 0.1) is 21.6 Å². The smallest absolute Gasteiger partial charge is 0.307 e. The molecule has 0 aliphatic carbocycles. The van der Waals surface area contributed by atoms with Crippen LogP contribution >= 0.6 is 0 Å². The van der Waals surface area contributed by atoms with Crippen molar-refractivity contribution in [1.82, 2.24) is 9.97 Å². The van der Waals surface area contributed by atoms with Crippen LogP contribution < -0.4 is 10.6 Å². The Balaban J connectivity index is 1.67. The molecule has 4 aromatic rings. The van der Waals surface area contributed by atoms with E-state index in [-0.39, 0.29) is 5.69 Å². The summed E-state index contributed by atoms with van der Waals surface area (Å²) in [4.78, 5) is 31.5. The molecule has 0 spiro atoms. The zero-order chi connectivity index (χ0) is 18.8. The minimum absolute atomic E-state index is 0.0979. The maximum absolute atomic E-state index is 12.4. The van der Waals surface area contributed by atoms with Gasteiger partial charge in [0.2, 0.25) is 0 Å². The summed E-state index contributed by atoms with van der Waals surface area (Å²) in [5.74, 6) is 0. The lowest BCUT2D eigenvalue weighted by molar-refractivity contribution is -0.384. The van der Waals surface area contributed by atoms with Crippen LogP contribution in [-0.4, -0.2) is 20.9 Å². The molecule has 8 nitrogen and oxygen atoms in total. The van der Waals surface area contributed by atoms with Crippen molar-refractivity contribution in [2.75, 3.05) is 10.6 Å². The van der Waals surface area contributed by atoms with Gasteiger partial charge >= 0.3 is 6.03 Å². The van der Waals surface area contributed by atoms with Crippen LogP contribution in [0.4, 0.5) is 21.9 Å². The highest BCUT2D eigenvalue weighted by molar-refractivity contribution is 6.13. The van der Waals surface area contributed by atoms with Crippen molar-refractivity contribution in [2.24, 2.45) is 0 Å². The van der Waals surface area contributed by atoms with Crippen LogP contribution in [0, 0.1) is 10.1 Å². The molecule has 0 saturated heterocycles. The number of non-ortho nitro benzene ring substituents is 1. The van der Waals surface area contributed by atoms with Gasteiger partial charge in [-0.2, -0.15) is 0 Å². The zero-order valence-corrected chi connectivity index (χ0v) is 13.9. The molecule has 27 heavy (non-hydrogen) atoms. The lowest BCUT2D eigenvalue weighted by Gasteiger charge is -2.11. The number of pyridine rings is 2. The average molecular weight is 359 g/mol. The normalized spacial score (nSPS) is 10.7. The van der Waals surface area contributed by atoms with Crippen LogP contribution in [0.25, 0.3) is 21.8 Å². The summed E-state index contributed by atoms with van der Waals surface area (Å²) in [5, 5.41) is 17.8. The molecule has 2 amide bonds. The van der Waals surface area contributed by atoms with Gasteiger partial charge in [-0.25, -0.2) is 4.79 Å². The molecule has 4 rings (SSSR count). The zero-order valence-electron chi connectivity index (χ0n) is 13.9. The Hall–Kier alpha value is -4.07. The first-order chi connectivity index (χ1) is 13.1. The molecular formula is C19H13N5O3. The molecule has 2 aromatic carbocycles. The van der Waals surface area contributed by atoms with Crippen molar-refractivity contribution < 1.29 is 9.72 Å². The molecule has 0 aliphatic heterocycles. The number of nitro benzene ring substituents is 1. The highest BCUT2D eigenvalue weighted by atomic mass is 16.6. The number of amides is 2. The molecule has 132 valence electrons. The van der Waals surface area contributed by atoms with Gasteiger partial charge in [-0.1, -0.05) is 12.1 Å². The van der Waals surface area contributed by atoms with E-state index in [4.69, 9.17) is 0 Å². The van der Waals surface area contributed by atoms with E-state index >= 15 is 0 Å². The van der Waals surface area contributed by atoms with E-state index in [2.05, 4.69) is 20.6 Å². The van der Waals surface area contributed by atoms with Crippen molar-refractivity contribution in [3.05, 3.63) is 77.1 Å². The van der Waals surface area contributed by atoms with Crippen molar-refractivity contribution in [3.8, 4) is 0 Å². The minimum Gasteiger partial charge on any atom is -0.307 e. The lowest BCUT2D eigenvalue weighted by atomic mass is 10.1. The number of hydrogen-bond donors (Lipinski definition) is 2. The number of nitrogens with zero attached hydrogens (tertiary/aromatic N) is 3. The monoisotopic (exact) mass is 359 g/mol. The highest BCUT2D eigenvalue weighted by Crippen LogP contribution is 2.29. The van der Waals surface area contributed by atoms with Gasteiger partial charge in [0, 0.05) is 41.0 Å². The number of carbonyl (C=O) groups excluding carboxylic acids is 1. The molecule has 0 unspecified atom stereocenters. The first-order valence-corrected chi connectivity index (χ1v) is 8.07. The van der Waals surface area contributed by atoms with Gasteiger partial charge in [0.15, 0.2) is 0 Å². The molecule has 0 bridgehead atoms. The van der Waals surface area contributed by atoms with E-state index in [0.29, 0.717) is 16.9 Å². The maximum atomic E-state index is 12.4. The largest absolute Gasteiger partial charge is 0.323 e. The van der Waals surface area contributed by atoms with Crippen LogP contribution in [0.5, 0.6) is 0 Å². The molecule has 0 fully saturated rings. The van der Waals surface area contributed by atoms with Crippen LogP contribution in [0.2, 0.25) is 0 Å². The quantitative estimate of drug-likeness (QED) is 0.321. The molecule has 8 heteroatoms. The van der Waals surface area contributed by atoms with Gasteiger partial charge < -0.3 is 10.6 Å². The molecule has 0 aliphatic rings. The summed E-state index contributed by atoms with van der Waals surface area (Å²) in [5.41, 5.74) is 2.23. The molecular weight excluding hydrogens is 346 g/mol. The van der Waals surface area contributed by atoms with Crippen LogP contribution in [0.15, 0.2) is 67.0 Å². The van der Waals surface area contributed by atoms with Crippen LogP contribution in [0.1, 0.15) is 0 Å². The summed E-state index contributed by atoms with van der Waals surface area (Å²) >= 11 is 0. The SMILES string of the molecule is O=C(Nc1cccc([N+](=O)[O-])c1)Nc1cc2cccnc2c2ncccc12. The second kappa shape index (κ2) is 6.68. The number of rotatable bonds is 3. The number of nitrogens with one attached hydrogen (secondary N) is 2. The van der Waals surface area contributed by atoms with E-state index in [1.807, 2.05) is 24.3 Å². The number of benzene rings is 2. The first kappa shape index (κ1) is 16.4. The first-order valence-electron chi connectivity index (χ1n) is 8.07. The number of fused-ring (bicyclic) bond motifs is 3. The Kier molecular flexibility index (Phi) is 4.06. The van der Waals surface area contributed by atoms with Crippen LogP contribution in [0.3, 0.4) is 0 Å². The summed E-state index contributed by atoms with van der Waals surface area (Å²) in [6, 6.07) is 14.4. The number of hydrogen-bond acceptors (Lipinski definition) is 5. The summed E-state index contributed by atoms with van der Waals surface area (Å²) < 4.78 is 0. The number of aromatic nitrogens is 2. The van der Waals surface area contributed by atoms with E-state index in [9.17, 15) is 14.9 Å². The molecule has 0 radical (unpaired) electrons. The van der Waals surface area contributed by atoms with Gasteiger partial charge in [0.25, 0.3) is 5.69 Å². The summed E-state index contributed by atoms with van der Waals surface area (Å²) in [6.45, 7) is 0. The minimum atomic E-state index is -0.515. The predicted octanol–water partition coefficient (Wildman–Crippen LogP) is 4.34. The lowest BCUT2D eigenvalue weighted by Crippen LogP contribution is -2.19. The van der Waals surface area contributed by atoms with Gasteiger partial charge in [-0.3, -0.25) is 20.1 Å². The number of carbonyl (C=O) groups is 1. The molecule has 0 saturated carbocycles. The standard InChI is InChI=1S/C19H13N5O3/c25-19(22-13-5-1-6-14(11-13)24(26)27)23-16-10-12-4-2-8-20-17(12)18-15(16)7-3-9-21-18/h1-11H,(H2,22,23,25). The van der Waals surface area contributed by atoms with Gasteiger partial charge in [-0.15, -0.1) is 0 Å². The molecule has 2 aromatic heterocycles. The Morgan fingerprint density at radius 3 is 2.52 bits per heavy atom. The fourth-order valence-corrected chi connectivity index (χ4v) is 2.86. The Labute approximate surface area is 153 Å². The fourth-order valence-electron chi connectivity index (χ4n) is 2.86. The van der Waals surface area contributed by atoms with Crippen molar-refractivity contribution >= 4 is 44.9 Å². The number of anilines is 2. The van der Waals surface area contributed by atoms with Crippen molar-refractivity contribution in [2.45, 2.75) is 0 Å². The van der Waals surface area contributed by atoms with E-state index in [1.165, 1.54) is 18.2 Å².